The van der Waals surface area contributed by atoms with Gasteiger partial charge >= 0.3 is 11.9 Å². The highest BCUT2D eigenvalue weighted by atomic mass is 16.4. The predicted molar refractivity (Wildman–Crippen MR) is 54.7 cm³/mol. The number of nitrogens with one attached hydrogen (secondary N) is 1. The highest BCUT2D eigenvalue weighted by molar-refractivity contribution is 5.91. The van der Waals surface area contributed by atoms with Gasteiger partial charge in [-0.25, -0.2) is 4.79 Å². The summed E-state index contributed by atoms with van der Waals surface area (Å²) in [7, 11) is 0. The van der Waals surface area contributed by atoms with Crippen LogP contribution in [0.2, 0.25) is 0 Å². The van der Waals surface area contributed by atoms with Crippen LogP contribution < -0.4 is 11.1 Å². The molecule has 7 heteroatoms. The molecule has 1 amide bonds. The van der Waals surface area contributed by atoms with Crippen LogP contribution in [0.1, 0.15) is 26.7 Å². The van der Waals surface area contributed by atoms with Gasteiger partial charge in [0.2, 0.25) is 5.91 Å². The average molecular weight is 232 g/mol. The molecule has 0 aromatic heterocycles. The van der Waals surface area contributed by atoms with Crippen LogP contribution in [0.4, 0.5) is 0 Å². The fourth-order valence-electron chi connectivity index (χ4n) is 0.939. The van der Waals surface area contributed by atoms with Crippen LogP contribution in [-0.4, -0.2) is 39.6 Å². The Morgan fingerprint density at radius 1 is 1.38 bits per heavy atom. The maximum Gasteiger partial charge on any atom is 0.329 e. The average Bonchev–Trinajstić information content (AvgIpc) is 2.16. The summed E-state index contributed by atoms with van der Waals surface area (Å²) in [6.07, 6.45) is -0.362. The summed E-state index contributed by atoms with van der Waals surface area (Å²) in [6.45, 7) is 2.93. The Hall–Kier alpha value is -1.63. The second kappa shape index (κ2) is 5.45. The van der Waals surface area contributed by atoms with E-state index in [-0.39, 0.29) is 6.42 Å². The number of nitrogens with two attached hydrogens (primary N) is 1. The zero-order chi connectivity index (χ0) is 12.9. The summed E-state index contributed by atoms with van der Waals surface area (Å²) >= 11 is 0. The van der Waals surface area contributed by atoms with Crippen LogP contribution in [-0.2, 0) is 14.4 Å². The van der Waals surface area contributed by atoms with E-state index in [1.54, 1.807) is 6.92 Å². The molecule has 16 heavy (non-hydrogen) atoms. The summed E-state index contributed by atoms with van der Waals surface area (Å²) in [5.41, 5.74) is 3.87. The Morgan fingerprint density at radius 2 is 1.88 bits per heavy atom. The maximum atomic E-state index is 11.4. The van der Waals surface area contributed by atoms with E-state index in [0.29, 0.717) is 0 Å². The van der Waals surface area contributed by atoms with Crippen LogP contribution in [0.3, 0.4) is 0 Å². The second-order valence-corrected chi connectivity index (χ2v) is 3.68. The number of rotatable bonds is 6. The lowest BCUT2D eigenvalue weighted by Crippen LogP contribution is -2.56. The third-order valence-corrected chi connectivity index (χ3v) is 2.31. The number of amides is 1. The smallest absolute Gasteiger partial charge is 0.329 e. The molecule has 0 fully saturated rings. The first-order valence-corrected chi connectivity index (χ1v) is 4.75. The molecular weight excluding hydrogens is 216 g/mol. The molecule has 0 aliphatic carbocycles. The summed E-state index contributed by atoms with van der Waals surface area (Å²) in [5.74, 6) is -3.18. The summed E-state index contributed by atoms with van der Waals surface area (Å²) < 4.78 is 0. The Balaban J connectivity index is 4.53. The summed E-state index contributed by atoms with van der Waals surface area (Å²) in [5, 5.41) is 19.5. The molecule has 0 aliphatic rings. The van der Waals surface area contributed by atoms with Gasteiger partial charge in [-0.3, -0.25) is 9.59 Å². The number of aliphatic carboxylic acids is 2. The minimum atomic E-state index is -1.42. The van der Waals surface area contributed by atoms with Crippen molar-refractivity contribution in [2.45, 2.75) is 38.3 Å². The van der Waals surface area contributed by atoms with Gasteiger partial charge in [0.1, 0.15) is 5.54 Å². The number of carbonyl (C=O) groups excluding carboxylic acids is 1. The van der Waals surface area contributed by atoms with Crippen molar-refractivity contribution in [3.63, 3.8) is 0 Å². The molecule has 0 spiro atoms. The van der Waals surface area contributed by atoms with Gasteiger partial charge in [0.15, 0.2) is 0 Å². The molecule has 0 saturated carbocycles. The van der Waals surface area contributed by atoms with Crippen molar-refractivity contribution in [1.82, 2.24) is 5.32 Å². The summed E-state index contributed by atoms with van der Waals surface area (Å²) in [4.78, 5) is 32.6. The number of hydrogen-bond donors (Lipinski definition) is 4. The van der Waals surface area contributed by atoms with E-state index in [9.17, 15) is 14.4 Å². The zero-order valence-corrected chi connectivity index (χ0v) is 9.19. The highest BCUT2D eigenvalue weighted by Gasteiger charge is 2.34. The van der Waals surface area contributed by atoms with Gasteiger partial charge in [0.05, 0.1) is 12.5 Å². The van der Waals surface area contributed by atoms with E-state index in [4.69, 9.17) is 15.9 Å². The van der Waals surface area contributed by atoms with Crippen LogP contribution in [0.25, 0.3) is 0 Å². The molecule has 92 valence electrons. The molecule has 0 heterocycles. The van der Waals surface area contributed by atoms with Crippen molar-refractivity contribution >= 4 is 17.8 Å². The van der Waals surface area contributed by atoms with E-state index in [0.717, 1.165) is 0 Å². The first-order chi connectivity index (χ1) is 7.23. The van der Waals surface area contributed by atoms with Crippen LogP contribution in [0, 0.1) is 0 Å². The molecule has 2 unspecified atom stereocenters. The SMILES string of the molecule is CCC(C)(NC(=O)C(N)CC(=O)O)C(=O)O. The van der Waals surface area contributed by atoms with E-state index >= 15 is 0 Å². The van der Waals surface area contributed by atoms with Gasteiger partial charge in [0.25, 0.3) is 0 Å². The second-order valence-electron chi connectivity index (χ2n) is 3.68. The third kappa shape index (κ3) is 3.85. The maximum absolute atomic E-state index is 11.4. The minimum Gasteiger partial charge on any atom is -0.481 e. The molecule has 5 N–H and O–H groups in total. The largest absolute Gasteiger partial charge is 0.481 e. The van der Waals surface area contributed by atoms with Crippen molar-refractivity contribution < 1.29 is 24.6 Å². The summed E-state index contributed by atoms with van der Waals surface area (Å²) in [6, 6.07) is -1.25. The van der Waals surface area contributed by atoms with Crippen LogP contribution in [0.5, 0.6) is 0 Å². The van der Waals surface area contributed by atoms with Crippen molar-refractivity contribution in [1.29, 1.82) is 0 Å². The Kier molecular flexibility index (Phi) is 4.90. The quantitative estimate of drug-likeness (QED) is 0.472. The molecule has 7 nitrogen and oxygen atoms in total. The van der Waals surface area contributed by atoms with Gasteiger partial charge in [-0.2, -0.15) is 0 Å². The number of carboxylic acids is 2. The van der Waals surface area contributed by atoms with Crippen molar-refractivity contribution in [2.24, 2.45) is 5.73 Å². The molecular formula is C9H16N2O5. The molecule has 0 radical (unpaired) electrons. The van der Waals surface area contributed by atoms with Gasteiger partial charge in [-0.15, -0.1) is 0 Å². The number of carbonyl (C=O) groups is 3. The van der Waals surface area contributed by atoms with Crippen molar-refractivity contribution in [3.8, 4) is 0 Å². The Morgan fingerprint density at radius 3 is 2.19 bits per heavy atom. The van der Waals surface area contributed by atoms with Gasteiger partial charge < -0.3 is 21.3 Å². The minimum absolute atomic E-state index is 0.174. The molecule has 0 aromatic carbocycles. The van der Waals surface area contributed by atoms with E-state index in [1.165, 1.54) is 6.92 Å². The molecule has 0 aromatic rings. The lowest BCUT2D eigenvalue weighted by molar-refractivity contribution is -0.147. The fraction of sp³-hybridized carbons (Fsp3) is 0.667. The Bertz CT molecular complexity index is 304. The first-order valence-electron chi connectivity index (χ1n) is 4.75. The normalized spacial score (nSPS) is 15.9. The van der Waals surface area contributed by atoms with E-state index in [1.807, 2.05) is 0 Å². The predicted octanol–water partition coefficient (Wildman–Crippen LogP) is -0.842. The number of hydrogen-bond acceptors (Lipinski definition) is 4. The van der Waals surface area contributed by atoms with Crippen LogP contribution in [0.15, 0.2) is 0 Å². The fourth-order valence-corrected chi connectivity index (χ4v) is 0.939. The van der Waals surface area contributed by atoms with Gasteiger partial charge in [0, 0.05) is 0 Å². The molecule has 2 atom stereocenters. The van der Waals surface area contributed by atoms with Gasteiger partial charge in [-0.05, 0) is 13.3 Å². The molecule has 0 rings (SSSR count). The van der Waals surface area contributed by atoms with Crippen molar-refractivity contribution in [2.75, 3.05) is 0 Å². The first kappa shape index (κ1) is 14.4. The van der Waals surface area contributed by atoms with Crippen molar-refractivity contribution in [3.05, 3.63) is 0 Å². The molecule has 0 aliphatic heterocycles. The van der Waals surface area contributed by atoms with Crippen LogP contribution >= 0.6 is 0 Å². The molecule has 0 saturated heterocycles. The van der Waals surface area contributed by atoms with Gasteiger partial charge in [-0.1, -0.05) is 6.92 Å². The Labute approximate surface area is 92.6 Å². The number of carboxylic acid groups (broad SMARTS) is 2. The topological polar surface area (TPSA) is 130 Å². The zero-order valence-electron chi connectivity index (χ0n) is 9.19. The monoisotopic (exact) mass is 232 g/mol. The lowest BCUT2D eigenvalue weighted by Gasteiger charge is -2.25. The van der Waals surface area contributed by atoms with E-state index in [2.05, 4.69) is 5.32 Å². The highest BCUT2D eigenvalue weighted by Crippen LogP contribution is 2.09. The van der Waals surface area contributed by atoms with E-state index < -0.39 is 35.8 Å². The standard InChI is InChI=1S/C9H16N2O5/c1-3-9(2,8(15)16)11-7(14)5(10)4-6(12)13/h5H,3-4,10H2,1-2H3,(H,11,14)(H,12,13)(H,15,16). The molecule has 0 bridgehead atoms. The third-order valence-electron chi connectivity index (χ3n) is 2.31. The lowest BCUT2D eigenvalue weighted by atomic mass is 9.98.